The fourth-order valence-corrected chi connectivity index (χ4v) is 3.94. The van der Waals surface area contributed by atoms with E-state index in [2.05, 4.69) is 31.8 Å². The summed E-state index contributed by atoms with van der Waals surface area (Å²) in [5.41, 5.74) is 13.1. The van der Waals surface area contributed by atoms with Crippen molar-refractivity contribution in [3.05, 3.63) is 35.6 Å². The van der Waals surface area contributed by atoms with Gasteiger partial charge in [-0.05, 0) is 31.5 Å². The largest absolute Gasteiger partial charge is 0.382 e. The van der Waals surface area contributed by atoms with Crippen molar-refractivity contribution in [3.63, 3.8) is 0 Å². The molecule has 1 fully saturated rings. The maximum absolute atomic E-state index is 6.21. The molecule has 0 aromatic carbocycles. The number of rotatable bonds is 3. The maximum Gasteiger partial charge on any atom is 0.179 e. The lowest BCUT2D eigenvalue weighted by molar-refractivity contribution is 0.524. The number of pyridine rings is 2. The molecule has 1 atom stereocenters. The predicted molar refractivity (Wildman–Crippen MR) is 105 cm³/mol. The van der Waals surface area contributed by atoms with Gasteiger partial charge < -0.3 is 16.4 Å². The van der Waals surface area contributed by atoms with Gasteiger partial charge in [-0.3, -0.25) is 0 Å². The van der Waals surface area contributed by atoms with Crippen LogP contribution in [0.15, 0.2) is 40.5 Å². The molecular formula is C17H18ClN7S. The fraction of sp³-hybridized carbons (Fsp3) is 0.294. The molecule has 9 heteroatoms. The van der Waals surface area contributed by atoms with Crippen LogP contribution in [0.2, 0.25) is 5.02 Å². The average Bonchev–Trinajstić information content (AvgIpc) is 2.98. The number of fused-ring (bicyclic) bond motifs is 1. The Balaban J connectivity index is 1.60. The quantitative estimate of drug-likeness (QED) is 0.706. The average molecular weight is 388 g/mol. The number of aromatic nitrogens is 4. The summed E-state index contributed by atoms with van der Waals surface area (Å²) in [5.74, 6) is 1.14. The summed E-state index contributed by atoms with van der Waals surface area (Å²) in [6.45, 7) is 3.72. The van der Waals surface area contributed by atoms with Crippen LogP contribution in [0.3, 0.4) is 0 Å². The molecule has 0 radical (unpaired) electrons. The Bertz CT molecular complexity index is 978. The smallest absolute Gasteiger partial charge is 0.179 e. The van der Waals surface area contributed by atoms with Crippen LogP contribution in [0.4, 0.5) is 11.6 Å². The highest BCUT2D eigenvalue weighted by Crippen LogP contribution is 2.35. The number of halogens is 1. The summed E-state index contributed by atoms with van der Waals surface area (Å²) in [4.78, 5) is 20.6. The molecule has 4 heterocycles. The van der Waals surface area contributed by atoms with E-state index in [1.54, 1.807) is 18.5 Å². The third-order valence-corrected chi connectivity index (χ3v) is 5.80. The molecule has 3 aromatic heterocycles. The second-order valence-electron chi connectivity index (χ2n) is 6.66. The lowest BCUT2D eigenvalue weighted by Crippen LogP contribution is -2.39. The zero-order valence-corrected chi connectivity index (χ0v) is 15.8. The van der Waals surface area contributed by atoms with Crippen LogP contribution < -0.4 is 16.4 Å². The van der Waals surface area contributed by atoms with Crippen LogP contribution in [-0.2, 0) is 0 Å². The molecular weight excluding hydrogens is 370 g/mol. The van der Waals surface area contributed by atoms with E-state index in [4.69, 9.17) is 23.1 Å². The predicted octanol–water partition coefficient (Wildman–Crippen LogP) is 2.73. The van der Waals surface area contributed by atoms with Gasteiger partial charge in [-0.25, -0.2) is 19.9 Å². The number of hydrogen-bond acceptors (Lipinski definition) is 8. The van der Waals surface area contributed by atoms with E-state index in [1.807, 2.05) is 12.1 Å². The summed E-state index contributed by atoms with van der Waals surface area (Å²) in [6.07, 6.45) is 4.32. The molecule has 1 aliphatic rings. The van der Waals surface area contributed by atoms with Crippen molar-refractivity contribution in [2.24, 2.45) is 5.73 Å². The third-order valence-electron chi connectivity index (χ3n) is 4.29. The number of hydrogen-bond donors (Lipinski definition) is 2. The summed E-state index contributed by atoms with van der Waals surface area (Å²) >= 11 is 7.61. The highest BCUT2D eigenvalue weighted by atomic mass is 35.5. The van der Waals surface area contributed by atoms with Crippen molar-refractivity contribution in [1.82, 2.24) is 19.9 Å². The number of nitrogens with two attached hydrogens (primary N) is 2. The maximum atomic E-state index is 6.21. The molecule has 1 aliphatic heterocycles. The topological polar surface area (TPSA) is 107 Å². The van der Waals surface area contributed by atoms with Gasteiger partial charge in [0.25, 0.3) is 0 Å². The molecule has 0 spiro atoms. The van der Waals surface area contributed by atoms with Gasteiger partial charge in [0.1, 0.15) is 22.2 Å². The first-order valence-corrected chi connectivity index (χ1v) is 9.36. The first kappa shape index (κ1) is 17.3. The third kappa shape index (κ3) is 3.40. The molecule has 0 amide bonds. The second-order valence-corrected chi connectivity index (χ2v) is 8.10. The Morgan fingerprint density at radius 2 is 2.08 bits per heavy atom. The van der Waals surface area contributed by atoms with Crippen LogP contribution in [0, 0.1) is 0 Å². The molecule has 0 saturated carbocycles. The molecule has 134 valence electrons. The minimum Gasteiger partial charge on any atom is -0.382 e. The van der Waals surface area contributed by atoms with Gasteiger partial charge in [-0.2, -0.15) is 0 Å². The fourth-order valence-electron chi connectivity index (χ4n) is 2.90. The molecule has 3 aromatic rings. The number of anilines is 2. The van der Waals surface area contributed by atoms with Crippen molar-refractivity contribution >= 4 is 46.2 Å². The van der Waals surface area contributed by atoms with Crippen molar-refractivity contribution in [2.75, 3.05) is 23.7 Å². The molecule has 26 heavy (non-hydrogen) atoms. The van der Waals surface area contributed by atoms with Crippen LogP contribution in [0.1, 0.15) is 13.3 Å². The number of nitrogens with zero attached hydrogens (tertiary/aromatic N) is 5. The standard InChI is InChI=1S/C17H18ClN7S/c1-17(20)5-7-25(9-17)12-8-22-16-10(23-12)2-3-13(24-16)26-11-4-6-21-15(19)14(11)18/h2-4,6,8H,5,7,9,20H2,1H3,(H2,19,21)/t17-/m1/s1. The highest BCUT2D eigenvalue weighted by Gasteiger charge is 2.30. The molecule has 0 aliphatic carbocycles. The molecule has 0 bridgehead atoms. The van der Waals surface area contributed by atoms with E-state index in [1.165, 1.54) is 11.8 Å². The van der Waals surface area contributed by atoms with E-state index in [0.29, 0.717) is 16.5 Å². The van der Waals surface area contributed by atoms with Crippen LogP contribution in [0.5, 0.6) is 0 Å². The highest BCUT2D eigenvalue weighted by molar-refractivity contribution is 7.99. The first-order valence-electron chi connectivity index (χ1n) is 8.17. The Morgan fingerprint density at radius 1 is 1.23 bits per heavy atom. The molecule has 4 N–H and O–H groups in total. The van der Waals surface area contributed by atoms with E-state index in [-0.39, 0.29) is 5.54 Å². The van der Waals surface area contributed by atoms with E-state index in [9.17, 15) is 0 Å². The monoisotopic (exact) mass is 387 g/mol. The van der Waals surface area contributed by atoms with E-state index >= 15 is 0 Å². The molecule has 7 nitrogen and oxygen atoms in total. The summed E-state index contributed by atoms with van der Waals surface area (Å²) in [5, 5.41) is 1.20. The van der Waals surface area contributed by atoms with Gasteiger partial charge in [0.15, 0.2) is 5.65 Å². The van der Waals surface area contributed by atoms with Gasteiger partial charge in [0.05, 0.1) is 11.2 Å². The first-order chi connectivity index (χ1) is 12.4. The van der Waals surface area contributed by atoms with Crippen molar-refractivity contribution in [3.8, 4) is 0 Å². The van der Waals surface area contributed by atoms with E-state index in [0.717, 1.165) is 40.8 Å². The summed E-state index contributed by atoms with van der Waals surface area (Å²) in [7, 11) is 0. The second kappa shape index (κ2) is 6.53. The normalized spacial score (nSPS) is 20.0. The molecule has 0 unspecified atom stereocenters. The van der Waals surface area contributed by atoms with E-state index < -0.39 is 0 Å². The van der Waals surface area contributed by atoms with Crippen LogP contribution in [0.25, 0.3) is 11.2 Å². The van der Waals surface area contributed by atoms with Crippen LogP contribution >= 0.6 is 23.4 Å². The zero-order valence-electron chi connectivity index (χ0n) is 14.2. The Labute approximate surface area is 160 Å². The minimum atomic E-state index is -0.180. The molecule has 1 saturated heterocycles. The summed E-state index contributed by atoms with van der Waals surface area (Å²) in [6, 6.07) is 5.62. The minimum absolute atomic E-state index is 0.180. The van der Waals surface area contributed by atoms with Crippen molar-refractivity contribution in [2.45, 2.75) is 28.8 Å². The van der Waals surface area contributed by atoms with Crippen molar-refractivity contribution < 1.29 is 0 Å². The SMILES string of the molecule is C[C@@]1(N)CCN(c2cnc3nc(Sc4ccnc(N)c4Cl)ccc3n2)C1. The lowest BCUT2D eigenvalue weighted by Gasteiger charge is -2.20. The summed E-state index contributed by atoms with van der Waals surface area (Å²) < 4.78 is 0. The Hall–Kier alpha value is -2.16. The molecule has 4 rings (SSSR count). The van der Waals surface area contributed by atoms with Gasteiger partial charge in [-0.15, -0.1) is 0 Å². The van der Waals surface area contributed by atoms with Crippen LogP contribution in [-0.4, -0.2) is 38.6 Å². The Morgan fingerprint density at radius 3 is 2.85 bits per heavy atom. The van der Waals surface area contributed by atoms with Gasteiger partial charge in [0.2, 0.25) is 0 Å². The van der Waals surface area contributed by atoms with Gasteiger partial charge >= 0.3 is 0 Å². The van der Waals surface area contributed by atoms with Gasteiger partial charge in [-0.1, -0.05) is 23.4 Å². The lowest BCUT2D eigenvalue weighted by atomic mass is 10.0. The Kier molecular flexibility index (Phi) is 4.34. The number of nitrogen functional groups attached to an aromatic ring is 1. The van der Waals surface area contributed by atoms with Gasteiger partial charge in [0, 0.05) is 29.7 Å². The zero-order chi connectivity index (χ0) is 18.3. The van der Waals surface area contributed by atoms with Crippen molar-refractivity contribution in [1.29, 1.82) is 0 Å².